The number of nitrogens with one attached hydrogen (secondary N) is 1. The summed E-state index contributed by atoms with van der Waals surface area (Å²) in [6, 6.07) is 5.69. The van der Waals surface area contributed by atoms with Crippen LogP contribution < -0.4 is 5.32 Å². The predicted molar refractivity (Wildman–Crippen MR) is 83.6 cm³/mol. The Morgan fingerprint density at radius 2 is 1.88 bits per heavy atom. The average molecular weight is 334 g/mol. The molecule has 2 fully saturated rings. The van der Waals surface area contributed by atoms with Crippen LogP contribution in [0.4, 0.5) is 10.1 Å². The van der Waals surface area contributed by atoms with E-state index in [0.29, 0.717) is 44.5 Å². The quantitative estimate of drug-likeness (QED) is 0.823. The van der Waals surface area contributed by atoms with Gasteiger partial charge in [-0.2, -0.15) is 0 Å². The van der Waals surface area contributed by atoms with Gasteiger partial charge in [-0.3, -0.25) is 14.4 Å². The third kappa shape index (κ3) is 3.11. The summed E-state index contributed by atoms with van der Waals surface area (Å²) in [6.45, 7) is 0.740. The van der Waals surface area contributed by atoms with Crippen LogP contribution in [-0.2, 0) is 14.4 Å². The number of nitrogens with zero attached hydrogens (tertiary/aromatic N) is 1. The van der Waals surface area contributed by atoms with Crippen molar-refractivity contribution in [3.8, 4) is 0 Å². The van der Waals surface area contributed by atoms with E-state index in [0.717, 1.165) is 0 Å². The fourth-order valence-electron chi connectivity index (χ4n) is 3.10. The molecule has 7 heteroatoms. The summed E-state index contributed by atoms with van der Waals surface area (Å²) in [7, 11) is 0. The van der Waals surface area contributed by atoms with Gasteiger partial charge < -0.3 is 15.3 Å². The van der Waals surface area contributed by atoms with Crippen LogP contribution in [0, 0.1) is 17.2 Å². The minimum absolute atomic E-state index is 0.202. The Morgan fingerprint density at radius 1 is 1.21 bits per heavy atom. The van der Waals surface area contributed by atoms with Crippen molar-refractivity contribution in [1.29, 1.82) is 0 Å². The zero-order valence-electron chi connectivity index (χ0n) is 13.1. The second-order valence-electron chi connectivity index (χ2n) is 6.45. The number of amides is 2. The van der Waals surface area contributed by atoms with Crippen LogP contribution in [0.3, 0.4) is 0 Å². The molecular weight excluding hydrogens is 315 g/mol. The Labute approximate surface area is 138 Å². The van der Waals surface area contributed by atoms with Gasteiger partial charge in [0.05, 0.1) is 0 Å². The summed E-state index contributed by atoms with van der Waals surface area (Å²) < 4.78 is 13.1. The molecule has 1 aromatic rings. The largest absolute Gasteiger partial charge is 0.480 e. The van der Waals surface area contributed by atoms with Gasteiger partial charge in [-0.1, -0.05) is 6.07 Å². The molecule has 128 valence electrons. The molecule has 6 nitrogen and oxygen atoms in total. The number of carboxylic acid groups (broad SMARTS) is 1. The van der Waals surface area contributed by atoms with E-state index in [1.165, 1.54) is 18.2 Å². The Kier molecular flexibility index (Phi) is 4.26. The number of likely N-dealkylation sites (tertiary alicyclic amines) is 1. The minimum Gasteiger partial charge on any atom is -0.480 e. The van der Waals surface area contributed by atoms with E-state index in [2.05, 4.69) is 5.32 Å². The van der Waals surface area contributed by atoms with Crippen molar-refractivity contribution >= 4 is 23.5 Å². The maximum Gasteiger partial charge on any atom is 0.319 e. The first kappa shape index (κ1) is 16.4. The Morgan fingerprint density at radius 3 is 2.42 bits per heavy atom. The van der Waals surface area contributed by atoms with Gasteiger partial charge in [0.1, 0.15) is 11.2 Å². The van der Waals surface area contributed by atoms with E-state index in [9.17, 15) is 23.9 Å². The lowest BCUT2D eigenvalue weighted by Crippen LogP contribution is -2.46. The standard InChI is InChI=1S/C17H19FN2O4/c18-12-2-1-3-13(10-12)19-14(21)11-4-8-20(9-5-11)15(22)17(6-7-17)16(23)24/h1-3,10-11H,4-9H2,(H,19,21)(H,23,24). The second kappa shape index (κ2) is 6.22. The van der Waals surface area contributed by atoms with E-state index < -0.39 is 17.2 Å². The number of carbonyl (C=O) groups excluding carboxylic acids is 2. The highest BCUT2D eigenvalue weighted by Gasteiger charge is 2.58. The molecule has 1 aliphatic carbocycles. The highest BCUT2D eigenvalue weighted by molar-refractivity contribution is 6.05. The number of hydrogen-bond donors (Lipinski definition) is 2. The molecule has 0 unspecified atom stereocenters. The predicted octanol–water partition coefficient (Wildman–Crippen LogP) is 1.87. The average Bonchev–Trinajstić information content (AvgIpc) is 3.36. The molecule has 0 radical (unpaired) electrons. The number of benzene rings is 1. The zero-order chi connectivity index (χ0) is 17.3. The molecule has 3 rings (SSSR count). The van der Waals surface area contributed by atoms with Crippen LogP contribution in [0.15, 0.2) is 24.3 Å². The van der Waals surface area contributed by atoms with Gasteiger partial charge in [0, 0.05) is 24.7 Å². The maximum absolute atomic E-state index is 13.1. The second-order valence-corrected chi connectivity index (χ2v) is 6.45. The number of carboxylic acids is 1. The first-order valence-electron chi connectivity index (χ1n) is 8.01. The normalized spacial score (nSPS) is 19.6. The first-order chi connectivity index (χ1) is 11.4. The molecule has 1 aromatic carbocycles. The molecule has 0 aromatic heterocycles. The fraction of sp³-hybridized carbons (Fsp3) is 0.471. The lowest BCUT2D eigenvalue weighted by Gasteiger charge is -2.33. The summed E-state index contributed by atoms with van der Waals surface area (Å²) in [6.07, 6.45) is 1.73. The molecule has 1 aliphatic heterocycles. The molecule has 2 aliphatic rings. The molecular formula is C17H19FN2O4. The van der Waals surface area contributed by atoms with Crippen molar-refractivity contribution in [2.75, 3.05) is 18.4 Å². The molecule has 2 amide bonds. The van der Waals surface area contributed by atoms with Crippen LogP contribution in [0.2, 0.25) is 0 Å². The van der Waals surface area contributed by atoms with Crippen molar-refractivity contribution in [1.82, 2.24) is 4.90 Å². The number of aliphatic carboxylic acids is 1. The van der Waals surface area contributed by atoms with E-state index in [-0.39, 0.29) is 17.7 Å². The summed E-state index contributed by atoms with van der Waals surface area (Å²) in [5, 5.41) is 11.9. The zero-order valence-corrected chi connectivity index (χ0v) is 13.1. The van der Waals surface area contributed by atoms with Crippen molar-refractivity contribution in [2.45, 2.75) is 25.7 Å². The Balaban J connectivity index is 1.54. The van der Waals surface area contributed by atoms with Crippen LogP contribution in [0.5, 0.6) is 0 Å². The van der Waals surface area contributed by atoms with Gasteiger partial charge in [-0.25, -0.2) is 4.39 Å². The van der Waals surface area contributed by atoms with E-state index in [1.807, 2.05) is 0 Å². The number of rotatable bonds is 4. The number of halogens is 1. The van der Waals surface area contributed by atoms with Crippen molar-refractivity contribution in [3.05, 3.63) is 30.1 Å². The highest BCUT2D eigenvalue weighted by Crippen LogP contribution is 2.47. The topological polar surface area (TPSA) is 86.7 Å². The lowest BCUT2D eigenvalue weighted by molar-refractivity contribution is -0.154. The van der Waals surface area contributed by atoms with Gasteiger partial charge in [0.15, 0.2) is 0 Å². The van der Waals surface area contributed by atoms with Gasteiger partial charge in [0.25, 0.3) is 0 Å². The molecule has 1 saturated heterocycles. The Hall–Kier alpha value is -2.44. The molecule has 1 saturated carbocycles. The molecule has 24 heavy (non-hydrogen) atoms. The number of hydrogen-bond acceptors (Lipinski definition) is 3. The molecule has 1 heterocycles. The van der Waals surface area contributed by atoms with E-state index in [4.69, 9.17) is 0 Å². The Bertz CT molecular complexity index is 679. The minimum atomic E-state index is -1.23. The fourth-order valence-corrected chi connectivity index (χ4v) is 3.10. The third-order valence-electron chi connectivity index (χ3n) is 4.81. The number of anilines is 1. The smallest absolute Gasteiger partial charge is 0.319 e. The van der Waals surface area contributed by atoms with Crippen molar-refractivity contribution in [3.63, 3.8) is 0 Å². The molecule has 2 N–H and O–H groups in total. The van der Waals surface area contributed by atoms with E-state index in [1.54, 1.807) is 11.0 Å². The van der Waals surface area contributed by atoms with Gasteiger partial charge >= 0.3 is 5.97 Å². The van der Waals surface area contributed by atoms with E-state index >= 15 is 0 Å². The monoisotopic (exact) mass is 334 g/mol. The molecule has 0 spiro atoms. The maximum atomic E-state index is 13.1. The molecule has 0 bridgehead atoms. The van der Waals surface area contributed by atoms with Crippen molar-refractivity contribution < 1.29 is 23.9 Å². The van der Waals surface area contributed by atoms with Crippen molar-refractivity contribution in [2.24, 2.45) is 11.3 Å². The van der Waals surface area contributed by atoms with Crippen LogP contribution in [0.1, 0.15) is 25.7 Å². The van der Waals surface area contributed by atoms with Crippen LogP contribution in [-0.4, -0.2) is 40.9 Å². The number of piperidine rings is 1. The van der Waals surface area contributed by atoms with Gasteiger partial charge in [-0.15, -0.1) is 0 Å². The SMILES string of the molecule is O=C(Nc1cccc(F)c1)C1CCN(C(=O)C2(C(=O)O)CC2)CC1. The van der Waals surface area contributed by atoms with Gasteiger partial charge in [-0.05, 0) is 43.9 Å². The lowest BCUT2D eigenvalue weighted by atomic mass is 9.94. The summed E-state index contributed by atoms with van der Waals surface area (Å²) in [5.41, 5.74) is -0.822. The van der Waals surface area contributed by atoms with Crippen LogP contribution >= 0.6 is 0 Å². The molecule has 0 atom stereocenters. The number of carbonyl (C=O) groups is 3. The van der Waals surface area contributed by atoms with Gasteiger partial charge in [0.2, 0.25) is 11.8 Å². The van der Waals surface area contributed by atoms with Crippen LogP contribution in [0.25, 0.3) is 0 Å². The summed E-state index contributed by atoms with van der Waals surface area (Å²) >= 11 is 0. The highest BCUT2D eigenvalue weighted by atomic mass is 19.1. The first-order valence-corrected chi connectivity index (χ1v) is 8.01. The summed E-state index contributed by atoms with van der Waals surface area (Å²) in [5.74, 6) is -2.28. The third-order valence-corrected chi connectivity index (χ3v) is 4.81. The summed E-state index contributed by atoms with van der Waals surface area (Å²) in [4.78, 5) is 37.4.